The molecular formula is C27H32F2N6O3. The van der Waals surface area contributed by atoms with E-state index < -0.39 is 24.5 Å². The molecule has 0 saturated carbocycles. The zero-order chi connectivity index (χ0) is 26.6. The molecule has 11 heteroatoms. The Kier molecular flexibility index (Phi) is 7.82. The van der Waals surface area contributed by atoms with Crippen LogP contribution in [0.3, 0.4) is 0 Å². The number of anilines is 1. The number of rotatable bonds is 10. The van der Waals surface area contributed by atoms with E-state index in [-0.39, 0.29) is 17.5 Å². The van der Waals surface area contributed by atoms with Gasteiger partial charge in [0.05, 0.1) is 11.7 Å². The van der Waals surface area contributed by atoms with Gasteiger partial charge in [-0.3, -0.25) is 4.79 Å². The van der Waals surface area contributed by atoms with Crippen LogP contribution in [0.15, 0.2) is 36.5 Å². The molecule has 0 aliphatic carbocycles. The summed E-state index contributed by atoms with van der Waals surface area (Å²) in [5.74, 6) is -0.208. The Morgan fingerprint density at radius 2 is 2.11 bits per heavy atom. The zero-order valence-electron chi connectivity index (χ0n) is 21.1. The van der Waals surface area contributed by atoms with E-state index in [0.717, 1.165) is 63.3 Å². The maximum absolute atomic E-state index is 13.2. The van der Waals surface area contributed by atoms with Crippen molar-refractivity contribution >= 4 is 28.6 Å². The number of alkyl halides is 2. The van der Waals surface area contributed by atoms with E-state index in [9.17, 15) is 23.5 Å². The molecule has 0 bridgehead atoms. The summed E-state index contributed by atoms with van der Waals surface area (Å²) in [4.78, 5) is 31.6. The van der Waals surface area contributed by atoms with Crippen molar-refractivity contribution in [2.45, 2.75) is 51.1 Å². The van der Waals surface area contributed by atoms with Crippen LogP contribution in [0.2, 0.25) is 0 Å². The molecule has 1 aromatic carbocycles. The highest BCUT2D eigenvalue weighted by atomic mass is 19.3. The van der Waals surface area contributed by atoms with E-state index >= 15 is 0 Å². The summed E-state index contributed by atoms with van der Waals surface area (Å²) < 4.78 is 26.9. The quantitative estimate of drug-likeness (QED) is 0.369. The number of hydrogen-bond acceptors (Lipinski definition) is 6. The van der Waals surface area contributed by atoms with Gasteiger partial charge in [-0.1, -0.05) is 12.1 Å². The van der Waals surface area contributed by atoms with Crippen molar-refractivity contribution in [3.05, 3.63) is 53.3 Å². The van der Waals surface area contributed by atoms with Crippen LogP contribution in [0, 0.1) is 5.92 Å². The minimum atomic E-state index is -2.84. The minimum absolute atomic E-state index is 0.110. The van der Waals surface area contributed by atoms with Crippen LogP contribution in [0.5, 0.6) is 0 Å². The van der Waals surface area contributed by atoms with Crippen molar-refractivity contribution in [2.75, 3.05) is 31.5 Å². The van der Waals surface area contributed by atoms with Crippen LogP contribution in [0.1, 0.15) is 53.8 Å². The normalized spacial score (nSPS) is 18.3. The van der Waals surface area contributed by atoms with E-state index in [1.807, 2.05) is 0 Å². The van der Waals surface area contributed by atoms with Gasteiger partial charge in [0.2, 0.25) is 0 Å². The summed E-state index contributed by atoms with van der Waals surface area (Å²) in [5, 5.41) is 19.7. The largest absolute Gasteiger partial charge is 0.480 e. The topological polar surface area (TPSA) is 112 Å². The predicted molar refractivity (Wildman–Crippen MR) is 138 cm³/mol. The Morgan fingerprint density at radius 3 is 2.92 bits per heavy atom. The summed E-state index contributed by atoms with van der Waals surface area (Å²) in [5.41, 5.74) is 2.61. The van der Waals surface area contributed by atoms with Crippen LogP contribution in [0.25, 0.3) is 10.9 Å². The van der Waals surface area contributed by atoms with E-state index in [0.29, 0.717) is 22.5 Å². The lowest BCUT2D eigenvalue weighted by atomic mass is 10.00. The number of fused-ring (bicyclic) bond motifs is 2. The van der Waals surface area contributed by atoms with Gasteiger partial charge >= 0.3 is 12.5 Å². The minimum Gasteiger partial charge on any atom is -0.480 e. The van der Waals surface area contributed by atoms with Crippen molar-refractivity contribution in [3.63, 3.8) is 0 Å². The number of aromatic nitrogens is 3. The number of nitrogens with one attached hydrogen (secondary N) is 2. The highest BCUT2D eigenvalue weighted by Crippen LogP contribution is 2.25. The summed E-state index contributed by atoms with van der Waals surface area (Å²) >= 11 is 0. The number of carboxylic acid groups (broad SMARTS) is 1. The molecule has 1 fully saturated rings. The first-order valence-electron chi connectivity index (χ1n) is 13.1. The van der Waals surface area contributed by atoms with Gasteiger partial charge in [-0.05, 0) is 74.8 Å². The molecule has 5 rings (SSSR count). The fourth-order valence-corrected chi connectivity index (χ4v) is 5.36. The molecule has 0 spiro atoms. The molecule has 2 atom stereocenters. The molecule has 38 heavy (non-hydrogen) atoms. The Balaban J connectivity index is 1.11. The number of carboxylic acids is 1. The van der Waals surface area contributed by atoms with E-state index in [1.54, 1.807) is 0 Å². The highest BCUT2D eigenvalue weighted by Gasteiger charge is 2.26. The maximum Gasteiger partial charge on any atom is 0.333 e. The van der Waals surface area contributed by atoms with Crippen molar-refractivity contribution in [3.8, 4) is 0 Å². The Hall–Kier alpha value is -3.60. The third-order valence-electron chi connectivity index (χ3n) is 7.51. The van der Waals surface area contributed by atoms with Crippen molar-refractivity contribution in [1.29, 1.82) is 0 Å². The Labute approximate surface area is 219 Å². The lowest BCUT2D eigenvalue weighted by Gasteiger charge is -2.20. The number of carbonyl (C=O) groups excluding carboxylic acids is 1. The molecule has 202 valence electrons. The standard InChI is InChI=1S/C27H32F2N6O3/c28-27(29)35-23-14-19(4-5-20(23)15-31-35)25(36)33-22(26(37)38)10-13-34-12-9-17(16-34)3-7-21-8-6-18-2-1-11-30-24(18)32-21/h4-6,8,14-15,17,22,27H,1-3,7,9-13,16H2,(H,30,32)(H,33,36)(H,37,38)/t17-,22+/m1/s1. The summed E-state index contributed by atoms with van der Waals surface area (Å²) in [6.45, 7) is 0.453. The van der Waals surface area contributed by atoms with Gasteiger partial charge in [-0.25, -0.2) is 14.5 Å². The number of hydrogen-bond donors (Lipinski definition) is 3. The number of benzene rings is 1. The molecule has 1 saturated heterocycles. The summed E-state index contributed by atoms with van der Waals surface area (Å²) in [6, 6.07) is 7.53. The van der Waals surface area contributed by atoms with Gasteiger partial charge in [0.15, 0.2) is 0 Å². The third kappa shape index (κ3) is 5.93. The molecular weight excluding hydrogens is 494 g/mol. The molecule has 0 radical (unpaired) electrons. The molecule has 4 heterocycles. The maximum atomic E-state index is 13.2. The Morgan fingerprint density at radius 1 is 1.24 bits per heavy atom. The zero-order valence-corrected chi connectivity index (χ0v) is 21.1. The van der Waals surface area contributed by atoms with Crippen molar-refractivity contribution < 1.29 is 23.5 Å². The van der Waals surface area contributed by atoms with Crippen molar-refractivity contribution in [1.82, 2.24) is 25.0 Å². The average Bonchev–Trinajstić information content (AvgIpc) is 3.56. The molecule has 1 amide bonds. The molecule has 2 aliphatic heterocycles. The van der Waals surface area contributed by atoms with Gasteiger partial charge in [0.25, 0.3) is 5.91 Å². The lowest BCUT2D eigenvalue weighted by Crippen LogP contribution is -2.43. The highest BCUT2D eigenvalue weighted by molar-refractivity contribution is 5.99. The van der Waals surface area contributed by atoms with E-state index in [2.05, 4.69) is 32.8 Å². The van der Waals surface area contributed by atoms with Crippen molar-refractivity contribution in [2.24, 2.45) is 5.92 Å². The summed E-state index contributed by atoms with van der Waals surface area (Å²) in [7, 11) is 0. The monoisotopic (exact) mass is 526 g/mol. The number of nitrogens with zero attached hydrogens (tertiary/aromatic N) is 4. The first kappa shape index (κ1) is 26.0. The number of likely N-dealkylation sites (tertiary alicyclic amines) is 1. The molecule has 2 aliphatic rings. The van der Waals surface area contributed by atoms with Crippen LogP contribution in [0.4, 0.5) is 14.6 Å². The first-order valence-corrected chi connectivity index (χ1v) is 13.1. The van der Waals surface area contributed by atoms with Crippen LogP contribution in [-0.2, 0) is 17.6 Å². The predicted octanol–water partition coefficient (Wildman–Crippen LogP) is 3.71. The van der Waals surface area contributed by atoms with Crippen LogP contribution < -0.4 is 10.6 Å². The fourth-order valence-electron chi connectivity index (χ4n) is 5.36. The smallest absolute Gasteiger partial charge is 0.333 e. The van der Waals surface area contributed by atoms with Gasteiger partial charge in [0, 0.05) is 36.3 Å². The van der Waals surface area contributed by atoms with Crippen LogP contribution in [-0.4, -0.2) is 68.9 Å². The number of pyridine rings is 1. The average molecular weight is 527 g/mol. The van der Waals surface area contributed by atoms with Crippen LogP contribution >= 0.6 is 0 Å². The lowest BCUT2D eigenvalue weighted by molar-refractivity contribution is -0.139. The van der Waals surface area contributed by atoms with Gasteiger partial charge < -0.3 is 20.6 Å². The molecule has 0 unspecified atom stereocenters. The number of amides is 1. The van der Waals surface area contributed by atoms with Gasteiger partial charge in [-0.15, -0.1) is 0 Å². The van der Waals surface area contributed by atoms with Gasteiger partial charge in [-0.2, -0.15) is 13.9 Å². The number of aliphatic carboxylic acids is 1. The first-order chi connectivity index (χ1) is 18.4. The molecule has 3 N–H and O–H groups in total. The Bertz CT molecular complexity index is 1310. The second-order valence-electron chi connectivity index (χ2n) is 10.1. The fraction of sp³-hybridized carbons (Fsp3) is 0.481. The van der Waals surface area contributed by atoms with Gasteiger partial charge in [0.1, 0.15) is 11.9 Å². The number of carbonyl (C=O) groups is 2. The van der Waals surface area contributed by atoms with E-state index in [1.165, 1.54) is 30.0 Å². The third-order valence-corrected chi connectivity index (χ3v) is 7.51. The molecule has 3 aromatic rings. The van der Waals surface area contributed by atoms with E-state index in [4.69, 9.17) is 4.98 Å². The number of halogens is 2. The second-order valence-corrected chi connectivity index (χ2v) is 10.1. The molecule has 2 aromatic heterocycles. The number of aryl methyl sites for hydroxylation is 2. The summed E-state index contributed by atoms with van der Waals surface area (Å²) in [6.07, 6.45) is 6.75. The second kappa shape index (κ2) is 11.4. The SMILES string of the molecule is O=C(N[C@@H](CCN1CC[C@@H](CCc2ccc3c(n2)NCCC3)C1)C(=O)O)c1ccc2cnn(C(F)F)c2c1. The molecule has 9 nitrogen and oxygen atoms in total.